The predicted molar refractivity (Wildman–Crippen MR) is 103 cm³/mol. The fourth-order valence-corrected chi connectivity index (χ4v) is 2.77. The molecule has 2 aromatic carbocycles. The molecule has 0 unspecified atom stereocenters. The number of rotatable bonds is 10. The van der Waals surface area contributed by atoms with Gasteiger partial charge in [-0.05, 0) is 54.0 Å². The number of methoxy groups -OCH3 is 1. The third kappa shape index (κ3) is 5.43. The van der Waals surface area contributed by atoms with Crippen LogP contribution in [-0.4, -0.2) is 30.9 Å². The summed E-state index contributed by atoms with van der Waals surface area (Å²) in [6.07, 6.45) is 5.14. The molecular weight excluding hydrogens is 336 g/mol. The highest BCUT2D eigenvalue weighted by Gasteiger charge is 2.11. The Bertz CT molecular complexity index is 683. The summed E-state index contributed by atoms with van der Waals surface area (Å²) in [5.74, 6) is 1.90. The molecule has 2 aromatic rings. The van der Waals surface area contributed by atoms with E-state index in [4.69, 9.17) is 9.47 Å². The second kappa shape index (κ2) is 9.99. The molecule has 0 aliphatic heterocycles. The third-order valence-electron chi connectivity index (χ3n) is 3.96. The lowest BCUT2D eigenvalue weighted by atomic mass is 10.0. The van der Waals surface area contributed by atoms with E-state index in [0.717, 1.165) is 41.9 Å². The van der Waals surface area contributed by atoms with Crippen molar-refractivity contribution >= 4 is 18.9 Å². The normalized spacial score (nSPS) is 10.5. The number of ether oxygens (including phenoxy) is 2. The van der Waals surface area contributed by atoms with E-state index in [0.29, 0.717) is 12.9 Å². The van der Waals surface area contributed by atoms with Crippen molar-refractivity contribution in [3.05, 3.63) is 42.0 Å². The van der Waals surface area contributed by atoms with Gasteiger partial charge in [0.1, 0.15) is 5.75 Å². The zero-order valence-corrected chi connectivity index (χ0v) is 15.3. The molecule has 0 saturated heterocycles. The maximum atomic E-state index is 11.1. The highest BCUT2D eigenvalue weighted by molar-refractivity contribution is 7.80. The Kier molecular flexibility index (Phi) is 7.67. The summed E-state index contributed by atoms with van der Waals surface area (Å²) in [7, 11) is 1.46. The number of unbranched alkanes of at least 4 members (excludes halogenated alkanes) is 3. The SMILES string of the molecule is COc1cc(-c2ccc(OCCCCCCS)cc2)cc(C=O)c1O. The van der Waals surface area contributed by atoms with Crippen molar-refractivity contribution < 1.29 is 19.4 Å². The average molecular weight is 360 g/mol. The van der Waals surface area contributed by atoms with Crippen LogP contribution in [0.25, 0.3) is 11.1 Å². The summed E-state index contributed by atoms with van der Waals surface area (Å²) in [6, 6.07) is 11.0. The standard InChI is InChI=1S/C20H24O4S/c1-23-19-13-16(12-17(14-21)20(19)22)15-6-8-18(9-7-15)24-10-4-2-3-5-11-25/h6-9,12-14,22,25H,2-5,10-11H2,1H3. The minimum absolute atomic E-state index is 0.140. The van der Waals surface area contributed by atoms with Crippen molar-refractivity contribution in [1.29, 1.82) is 0 Å². The van der Waals surface area contributed by atoms with Crippen LogP contribution in [0.5, 0.6) is 17.2 Å². The topological polar surface area (TPSA) is 55.8 Å². The summed E-state index contributed by atoms with van der Waals surface area (Å²) < 4.78 is 10.9. The van der Waals surface area contributed by atoms with Gasteiger partial charge in [-0.2, -0.15) is 12.6 Å². The molecule has 0 aromatic heterocycles. The van der Waals surface area contributed by atoms with Crippen LogP contribution in [0.15, 0.2) is 36.4 Å². The van der Waals surface area contributed by atoms with E-state index in [9.17, 15) is 9.90 Å². The number of aldehydes is 1. The minimum atomic E-state index is -0.140. The first-order valence-electron chi connectivity index (χ1n) is 8.40. The number of carbonyl (C=O) groups excluding carboxylic acids is 1. The monoisotopic (exact) mass is 360 g/mol. The molecule has 0 spiro atoms. The van der Waals surface area contributed by atoms with Gasteiger partial charge in [0.15, 0.2) is 17.8 Å². The smallest absolute Gasteiger partial charge is 0.168 e. The van der Waals surface area contributed by atoms with Crippen LogP contribution >= 0.6 is 12.6 Å². The molecule has 1 N–H and O–H groups in total. The molecule has 0 radical (unpaired) electrons. The van der Waals surface area contributed by atoms with E-state index in [2.05, 4.69) is 12.6 Å². The molecule has 25 heavy (non-hydrogen) atoms. The lowest BCUT2D eigenvalue weighted by molar-refractivity contribution is 0.112. The Labute approximate surface area is 154 Å². The molecule has 134 valence electrons. The number of benzene rings is 2. The summed E-state index contributed by atoms with van der Waals surface area (Å²) >= 11 is 4.20. The van der Waals surface area contributed by atoms with Gasteiger partial charge < -0.3 is 14.6 Å². The maximum absolute atomic E-state index is 11.1. The van der Waals surface area contributed by atoms with Crippen molar-refractivity contribution in [3.63, 3.8) is 0 Å². The Morgan fingerprint density at radius 2 is 1.76 bits per heavy atom. The lowest BCUT2D eigenvalue weighted by Gasteiger charge is -2.10. The van der Waals surface area contributed by atoms with Crippen LogP contribution in [-0.2, 0) is 0 Å². The van der Waals surface area contributed by atoms with Crippen LogP contribution < -0.4 is 9.47 Å². The number of phenolic OH excluding ortho intramolecular Hbond substituents is 1. The fourth-order valence-electron chi connectivity index (χ4n) is 2.54. The Morgan fingerprint density at radius 3 is 2.40 bits per heavy atom. The van der Waals surface area contributed by atoms with Gasteiger partial charge in [-0.1, -0.05) is 25.0 Å². The molecule has 5 heteroatoms. The van der Waals surface area contributed by atoms with Crippen LogP contribution in [0.2, 0.25) is 0 Å². The Balaban J connectivity index is 2.01. The van der Waals surface area contributed by atoms with E-state index in [-0.39, 0.29) is 17.1 Å². The molecule has 0 amide bonds. The molecule has 0 atom stereocenters. The van der Waals surface area contributed by atoms with E-state index < -0.39 is 0 Å². The highest BCUT2D eigenvalue weighted by atomic mass is 32.1. The molecule has 0 heterocycles. The van der Waals surface area contributed by atoms with Gasteiger partial charge in [0, 0.05) is 0 Å². The van der Waals surface area contributed by atoms with Crippen molar-refractivity contribution in [3.8, 4) is 28.4 Å². The summed E-state index contributed by atoms with van der Waals surface area (Å²) in [5.41, 5.74) is 1.92. The van der Waals surface area contributed by atoms with Gasteiger partial charge in [-0.25, -0.2) is 0 Å². The Hall–Kier alpha value is -2.14. The van der Waals surface area contributed by atoms with Crippen molar-refractivity contribution in [2.45, 2.75) is 25.7 Å². The van der Waals surface area contributed by atoms with Gasteiger partial charge in [-0.3, -0.25) is 4.79 Å². The van der Waals surface area contributed by atoms with E-state index >= 15 is 0 Å². The van der Waals surface area contributed by atoms with Crippen LogP contribution in [0.3, 0.4) is 0 Å². The lowest BCUT2D eigenvalue weighted by Crippen LogP contribution is -1.97. The average Bonchev–Trinajstić information content (AvgIpc) is 2.65. The number of hydrogen-bond donors (Lipinski definition) is 2. The second-order valence-electron chi connectivity index (χ2n) is 5.74. The zero-order valence-electron chi connectivity index (χ0n) is 14.4. The highest BCUT2D eigenvalue weighted by Crippen LogP contribution is 2.35. The number of thiol groups is 1. The first-order chi connectivity index (χ1) is 12.2. The molecule has 0 aliphatic rings. The molecule has 4 nitrogen and oxygen atoms in total. The molecule has 2 rings (SSSR count). The van der Waals surface area contributed by atoms with Gasteiger partial charge in [0.05, 0.1) is 19.3 Å². The van der Waals surface area contributed by atoms with Gasteiger partial charge in [0.2, 0.25) is 0 Å². The molecule has 0 aliphatic carbocycles. The summed E-state index contributed by atoms with van der Waals surface area (Å²) in [4.78, 5) is 11.1. The zero-order chi connectivity index (χ0) is 18.1. The number of phenols is 1. The van der Waals surface area contributed by atoms with E-state index in [1.165, 1.54) is 13.5 Å². The first-order valence-corrected chi connectivity index (χ1v) is 9.03. The first kappa shape index (κ1) is 19.2. The van der Waals surface area contributed by atoms with Gasteiger partial charge in [0.25, 0.3) is 0 Å². The largest absolute Gasteiger partial charge is 0.504 e. The number of carbonyl (C=O) groups is 1. The molecule has 0 fully saturated rings. The maximum Gasteiger partial charge on any atom is 0.168 e. The number of aromatic hydroxyl groups is 1. The van der Waals surface area contributed by atoms with Gasteiger partial charge in [-0.15, -0.1) is 0 Å². The van der Waals surface area contributed by atoms with Crippen LogP contribution in [0.1, 0.15) is 36.0 Å². The van der Waals surface area contributed by atoms with Crippen molar-refractivity contribution in [2.24, 2.45) is 0 Å². The summed E-state index contributed by atoms with van der Waals surface area (Å²) in [6.45, 7) is 0.703. The number of hydrogen-bond acceptors (Lipinski definition) is 5. The van der Waals surface area contributed by atoms with E-state index in [1.807, 2.05) is 24.3 Å². The van der Waals surface area contributed by atoms with Crippen molar-refractivity contribution in [2.75, 3.05) is 19.5 Å². The quantitative estimate of drug-likeness (QED) is 0.365. The van der Waals surface area contributed by atoms with E-state index in [1.54, 1.807) is 12.1 Å². The van der Waals surface area contributed by atoms with Crippen molar-refractivity contribution in [1.82, 2.24) is 0 Å². The Morgan fingerprint density at radius 1 is 1.04 bits per heavy atom. The predicted octanol–water partition coefficient (Wildman–Crippen LogP) is 4.75. The molecule has 0 saturated carbocycles. The molecular formula is C20H24O4S. The molecule has 0 bridgehead atoms. The fraction of sp³-hybridized carbons (Fsp3) is 0.350. The van der Waals surface area contributed by atoms with Crippen LogP contribution in [0, 0.1) is 0 Å². The van der Waals surface area contributed by atoms with Gasteiger partial charge >= 0.3 is 0 Å². The minimum Gasteiger partial charge on any atom is -0.504 e. The summed E-state index contributed by atoms with van der Waals surface area (Å²) in [5, 5.41) is 9.90. The van der Waals surface area contributed by atoms with Crippen LogP contribution in [0.4, 0.5) is 0 Å². The second-order valence-corrected chi connectivity index (χ2v) is 6.19. The third-order valence-corrected chi connectivity index (χ3v) is 4.28.